The zero-order valence-corrected chi connectivity index (χ0v) is 25.7. The van der Waals surface area contributed by atoms with Gasteiger partial charge in [-0.1, -0.05) is 106 Å². The smallest absolute Gasteiger partial charge is 0.0465 e. The zero-order chi connectivity index (χ0) is 29.1. The van der Waals surface area contributed by atoms with E-state index >= 15 is 0 Å². The topological polar surface area (TPSA) is 3.24 Å². The van der Waals surface area contributed by atoms with Crippen molar-refractivity contribution in [3.05, 3.63) is 137 Å². The molecule has 210 valence electrons. The van der Waals surface area contributed by atoms with Gasteiger partial charge in [-0.05, 0) is 114 Å². The molecule has 0 atom stereocenters. The van der Waals surface area contributed by atoms with Gasteiger partial charge in [-0.15, -0.1) is 0 Å². The summed E-state index contributed by atoms with van der Waals surface area (Å²) in [5, 5.41) is 0. The molecule has 0 N–H and O–H groups in total. The molecule has 1 nitrogen and oxygen atoms in total. The summed E-state index contributed by atoms with van der Waals surface area (Å²) < 4.78 is 0. The van der Waals surface area contributed by atoms with Crippen LogP contribution in [0.25, 0.3) is 22.3 Å². The highest BCUT2D eigenvalue weighted by Crippen LogP contribution is 2.56. The van der Waals surface area contributed by atoms with Gasteiger partial charge in [-0.25, -0.2) is 0 Å². The van der Waals surface area contributed by atoms with Gasteiger partial charge in [0.25, 0.3) is 0 Å². The minimum Gasteiger partial charge on any atom is -0.310 e. The van der Waals surface area contributed by atoms with Crippen molar-refractivity contribution in [2.45, 2.75) is 71.1 Å². The first kappa shape index (κ1) is 26.8. The SMILES string of the molecule is CCC1(CC)c2ccccc2-c2ccc(N(c3ccc(C)cc3)c3ccc4c(c3)C(CC)(CC)c3ccccc3-4)cc21. The summed E-state index contributed by atoms with van der Waals surface area (Å²) in [6.45, 7) is 11.6. The van der Waals surface area contributed by atoms with Crippen molar-refractivity contribution in [2.75, 3.05) is 4.90 Å². The molecule has 0 unspecified atom stereocenters. The molecule has 0 aromatic heterocycles. The standard InChI is InChI=1S/C41H41N/c1-6-40(7-2)36-16-12-10-14-32(36)34-24-22-30(26-38(34)40)42(29-20-18-28(5)19-21-29)31-23-25-35-33-15-11-13-17-37(33)41(8-3,9-4)39(35)27-31/h10-27H,6-9H2,1-5H3. The molecule has 0 spiro atoms. The fraction of sp³-hybridized carbons (Fsp3) is 0.268. The first-order chi connectivity index (χ1) is 20.5. The normalized spacial score (nSPS) is 15.1. The Labute approximate surface area is 251 Å². The Kier molecular flexibility index (Phi) is 6.39. The Balaban J connectivity index is 1.44. The van der Waals surface area contributed by atoms with Crippen molar-refractivity contribution in [3.63, 3.8) is 0 Å². The molecule has 0 saturated carbocycles. The summed E-state index contributed by atoms with van der Waals surface area (Å²) in [5.41, 5.74) is 16.5. The summed E-state index contributed by atoms with van der Waals surface area (Å²) in [7, 11) is 0. The Morgan fingerprint density at radius 2 is 0.810 bits per heavy atom. The molecule has 2 aliphatic rings. The molecule has 0 fully saturated rings. The summed E-state index contributed by atoms with van der Waals surface area (Å²) in [5.74, 6) is 0. The molecule has 2 aliphatic carbocycles. The average molecular weight is 548 g/mol. The first-order valence-corrected chi connectivity index (χ1v) is 15.9. The monoisotopic (exact) mass is 547 g/mol. The fourth-order valence-corrected chi connectivity index (χ4v) is 8.33. The van der Waals surface area contributed by atoms with E-state index < -0.39 is 0 Å². The predicted octanol–water partition coefficient (Wildman–Crippen LogP) is 11.6. The molecule has 1 heteroatoms. The molecule has 0 amide bonds. The van der Waals surface area contributed by atoms with Crippen molar-refractivity contribution >= 4 is 17.1 Å². The van der Waals surface area contributed by atoms with Gasteiger partial charge < -0.3 is 4.90 Å². The molecular weight excluding hydrogens is 506 g/mol. The largest absolute Gasteiger partial charge is 0.310 e. The number of fused-ring (bicyclic) bond motifs is 6. The third-order valence-corrected chi connectivity index (χ3v) is 10.7. The van der Waals surface area contributed by atoms with Crippen LogP contribution in [0, 0.1) is 6.92 Å². The van der Waals surface area contributed by atoms with Crippen molar-refractivity contribution in [3.8, 4) is 22.3 Å². The van der Waals surface area contributed by atoms with E-state index in [0.717, 1.165) is 25.7 Å². The van der Waals surface area contributed by atoms with E-state index in [1.165, 1.54) is 67.1 Å². The van der Waals surface area contributed by atoms with E-state index in [0.29, 0.717) is 0 Å². The third kappa shape index (κ3) is 3.62. The summed E-state index contributed by atoms with van der Waals surface area (Å²) in [4.78, 5) is 2.48. The molecular formula is C41H41N. The van der Waals surface area contributed by atoms with E-state index in [9.17, 15) is 0 Å². The Morgan fingerprint density at radius 3 is 1.24 bits per heavy atom. The molecule has 42 heavy (non-hydrogen) atoms. The predicted molar refractivity (Wildman–Crippen MR) is 179 cm³/mol. The second-order valence-electron chi connectivity index (χ2n) is 12.3. The van der Waals surface area contributed by atoms with Gasteiger partial charge in [0.2, 0.25) is 0 Å². The molecule has 5 aromatic rings. The van der Waals surface area contributed by atoms with Crippen LogP contribution in [-0.4, -0.2) is 0 Å². The van der Waals surface area contributed by atoms with Crippen LogP contribution in [0.4, 0.5) is 17.1 Å². The quantitative estimate of drug-likeness (QED) is 0.196. The van der Waals surface area contributed by atoms with Gasteiger partial charge >= 0.3 is 0 Å². The maximum atomic E-state index is 2.50. The van der Waals surface area contributed by atoms with Crippen LogP contribution in [0.3, 0.4) is 0 Å². The molecule has 0 aliphatic heterocycles. The van der Waals surface area contributed by atoms with Gasteiger partial charge in [0.05, 0.1) is 0 Å². The van der Waals surface area contributed by atoms with E-state index in [-0.39, 0.29) is 10.8 Å². The van der Waals surface area contributed by atoms with E-state index in [1.54, 1.807) is 0 Å². The van der Waals surface area contributed by atoms with Gasteiger partial charge in [-0.3, -0.25) is 0 Å². The van der Waals surface area contributed by atoms with Gasteiger partial charge in [0.15, 0.2) is 0 Å². The first-order valence-electron chi connectivity index (χ1n) is 15.9. The second-order valence-corrected chi connectivity index (χ2v) is 12.3. The van der Waals surface area contributed by atoms with Crippen LogP contribution in [0.15, 0.2) is 109 Å². The van der Waals surface area contributed by atoms with Crippen molar-refractivity contribution in [1.29, 1.82) is 0 Å². The molecule has 0 saturated heterocycles. The van der Waals surface area contributed by atoms with Gasteiger partial charge in [0, 0.05) is 27.9 Å². The summed E-state index contributed by atoms with van der Waals surface area (Å²) >= 11 is 0. The lowest BCUT2D eigenvalue weighted by Gasteiger charge is -2.33. The van der Waals surface area contributed by atoms with Crippen LogP contribution >= 0.6 is 0 Å². The van der Waals surface area contributed by atoms with Crippen LogP contribution < -0.4 is 4.90 Å². The van der Waals surface area contributed by atoms with E-state index in [2.05, 4.69) is 149 Å². The van der Waals surface area contributed by atoms with E-state index in [1.807, 2.05) is 0 Å². The molecule has 0 radical (unpaired) electrons. The number of anilines is 3. The second kappa shape index (κ2) is 10.0. The van der Waals surface area contributed by atoms with E-state index in [4.69, 9.17) is 0 Å². The van der Waals surface area contributed by atoms with Gasteiger partial charge in [-0.2, -0.15) is 0 Å². The lowest BCUT2D eigenvalue weighted by molar-refractivity contribution is 0.490. The van der Waals surface area contributed by atoms with Crippen LogP contribution in [-0.2, 0) is 10.8 Å². The number of rotatable bonds is 7. The Morgan fingerprint density at radius 1 is 0.429 bits per heavy atom. The van der Waals surface area contributed by atoms with Crippen molar-refractivity contribution in [2.24, 2.45) is 0 Å². The zero-order valence-electron chi connectivity index (χ0n) is 25.7. The number of hydrogen-bond donors (Lipinski definition) is 0. The molecule has 0 bridgehead atoms. The molecule has 7 rings (SSSR count). The molecule has 0 heterocycles. The average Bonchev–Trinajstić information content (AvgIpc) is 3.49. The van der Waals surface area contributed by atoms with Crippen molar-refractivity contribution < 1.29 is 0 Å². The highest BCUT2D eigenvalue weighted by molar-refractivity contribution is 5.88. The van der Waals surface area contributed by atoms with Crippen LogP contribution in [0.2, 0.25) is 0 Å². The Hall–Kier alpha value is -4.10. The number of nitrogens with zero attached hydrogens (tertiary/aromatic N) is 1. The third-order valence-electron chi connectivity index (χ3n) is 10.7. The minimum atomic E-state index is 0.0417. The van der Waals surface area contributed by atoms with Crippen LogP contribution in [0.1, 0.15) is 81.2 Å². The lowest BCUT2D eigenvalue weighted by Crippen LogP contribution is -2.24. The summed E-state index contributed by atoms with van der Waals surface area (Å²) in [6, 6.07) is 41.6. The molecule has 5 aromatic carbocycles. The maximum Gasteiger partial charge on any atom is 0.0465 e. The number of benzene rings is 5. The Bertz CT molecular complexity index is 1670. The maximum absolute atomic E-state index is 2.50. The van der Waals surface area contributed by atoms with Gasteiger partial charge in [0.1, 0.15) is 0 Å². The summed E-state index contributed by atoms with van der Waals surface area (Å²) in [6.07, 6.45) is 4.37. The highest BCUT2D eigenvalue weighted by atomic mass is 15.1. The number of aryl methyl sites for hydroxylation is 1. The van der Waals surface area contributed by atoms with Crippen LogP contribution in [0.5, 0.6) is 0 Å². The fourth-order valence-electron chi connectivity index (χ4n) is 8.33. The minimum absolute atomic E-state index is 0.0417. The number of hydrogen-bond acceptors (Lipinski definition) is 1. The van der Waals surface area contributed by atoms with Crippen molar-refractivity contribution in [1.82, 2.24) is 0 Å². The highest BCUT2D eigenvalue weighted by Gasteiger charge is 2.42. The lowest BCUT2D eigenvalue weighted by atomic mass is 9.73.